The zero-order chi connectivity index (χ0) is 18.3. The van der Waals surface area contributed by atoms with Gasteiger partial charge in [-0.25, -0.2) is 9.78 Å². The Labute approximate surface area is 145 Å². The molecule has 0 aliphatic carbocycles. The summed E-state index contributed by atoms with van der Waals surface area (Å²) in [6.45, 7) is 0. The number of non-ortho nitro benzene ring substituents is 1. The second-order valence-electron chi connectivity index (χ2n) is 5.59. The highest BCUT2D eigenvalue weighted by Gasteiger charge is 2.15. The lowest BCUT2D eigenvalue weighted by molar-refractivity contribution is -0.384. The number of rotatable bonds is 4. The minimum absolute atomic E-state index is 0.0185. The lowest BCUT2D eigenvalue weighted by Crippen LogP contribution is -1.95. The number of hydrogen-bond acceptors (Lipinski definition) is 5. The van der Waals surface area contributed by atoms with E-state index in [2.05, 4.69) is 20.2 Å². The highest BCUT2D eigenvalue weighted by molar-refractivity contribution is 5.98. The number of imidazole rings is 1. The Bertz CT molecular complexity index is 1160. The summed E-state index contributed by atoms with van der Waals surface area (Å²) >= 11 is 0. The van der Waals surface area contributed by atoms with Crippen molar-refractivity contribution >= 4 is 22.6 Å². The Hall–Kier alpha value is -4.01. The number of nitrogens with one attached hydrogen (secondary N) is 2. The molecule has 0 aliphatic rings. The van der Waals surface area contributed by atoms with Crippen LogP contribution in [0.4, 0.5) is 5.69 Å². The number of carboxylic acid groups (broad SMARTS) is 1. The van der Waals surface area contributed by atoms with Crippen molar-refractivity contribution in [3.63, 3.8) is 0 Å². The van der Waals surface area contributed by atoms with Crippen LogP contribution in [0.1, 0.15) is 10.4 Å². The molecule has 0 radical (unpaired) electrons. The molecule has 26 heavy (non-hydrogen) atoms. The quantitative estimate of drug-likeness (QED) is 0.382. The largest absolute Gasteiger partial charge is 0.478 e. The third-order valence-electron chi connectivity index (χ3n) is 3.98. The van der Waals surface area contributed by atoms with Gasteiger partial charge in [0, 0.05) is 23.1 Å². The molecule has 0 aliphatic heterocycles. The van der Waals surface area contributed by atoms with E-state index in [1.54, 1.807) is 24.4 Å². The summed E-state index contributed by atoms with van der Waals surface area (Å²) in [4.78, 5) is 29.0. The molecule has 0 unspecified atom stereocenters. The first-order chi connectivity index (χ1) is 12.5. The molecular formula is C17H11N5O4. The number of nitrogens with zero attached hydrogens (tertiary/aromatic N) is 3. The maximum Gasteiger partial charge on any atom is 0.335 e. The van der Waals surface area contributed by atoms with Gasteiger partial charge in [-0.3, -0.25) is 15.2 Å². The van der Waals surface area contributed by atoms with Crippen LogP contribution in [-0.2, 0) is 0 Å². The molecule has 3 N–H and O–H groups in total. The smallest absolute Gasteiger partial charge is 0.335 e. The van der Waals surface area contributed by atoms with Gasteiger partial charge in [0.25, 0.3) is 5.69 Å². The Morgan fingerprint density at radius 2 is 2.04 bits per heavy atom. The van der Waals surface area contributed by atoms with Crippen LogP contribution in [0.2, 0.25) is 0 Å². The van der Waals surface area contributed by atoms with Gasteiger partial charge in [-0.15, -0.1) is 0 Å². The summed E-state index contributed by atoms with van der Waals surface area (Å²) in [6, 6.07) is 10.8. The number of H-pyrrole nitrogens is 2. The van der Waals surface area contributed by atoms with Gasteiger partial charge in [-0.1, -0.05) is 12.1 Å². The van der Waals surface area contributed by atoms with Gasteiger partial charge in [0.15, 0.2) is 5.82 Å². The zero-order valence-electron chi connectivity index (χ0n) is 13.1. The van der Waals surface area contributed by atoms with Crippen LogP contribution in [0.5, 0.6) is 0 Å². The number of benzene rings is 2. The van der Waals surface area contributed by atoms with Crippen LogP contribution in [0, 0.1) is 10.1 Å². The molecule has 0 saturated carbocycles. The molecule has 0 fully saturated rings. The van der Waals surface area contributed by atoms with Gasteiger partial charge < -0.3 is 10.1 Å². The molecule has 0 bridgehead atoms. The van der Waals surface area contributed by atoms with E-state index in [0.717, 1.165) is 0 Å². The number of nitro benzene ring substituents is 1. The van der Waals surface area contributed by atoms with E-state index in [4.69, 9.17) is 5.11 Å². The lowest BCUT2D eigenvalue weighted by Gasteiger charge is -1.98. The standard InChI is InChI=1S/C17H11N5O4/c23-17(24)10-4-5-13-12(7-10)15(21-20-13)16-18-8-14(19-16)9-2-1-3-11(6-9)22(25)26/h1-8H,(H,18,19)(H,20,21)(H,23,24). The first-order valence-corrected chi connectivity index (χ1v) is 7.54. The normalized spacial score (nSPS) is 10.9. The number of hydrogen-bond donors (Lipinski definition) is 3. The maximum absolute atomic E-state index is 11.2. The van der Waals surface area contributed by atoms with Crippen molar-refractivity contribution in [2.45, 2.75) is 0 Å². The second kappa shape index (κ2) is 5.81. The molecule has 2 heterocycles. The molecule has 2 aromatic heterocycles. The van der Waals surface area contributed by atoms with Crippen molar-refractivity contribution in [3.8, 4) is 22.8 Å². The van der Waals surface area contributed by atoms with Crippen molar-refractivity contribution < 1.29 is 14.8 Å². The number of aromatic nitrogens is 4. The number of aromatic carboxylic acids is 1. The summed E-state index contributed by atoms with van der Waals surface area (Å²) < 4.78 is 0. The molecule has 9 heteroatoms. The van der Waals surface area contributed by atoms with E-state index >= 15 is 0 Å². The average Bonchev–Trinajstić information content (AvgIpc) is 3.27. The Morgan fingerprint density at radius 1 is 1.19 bits per heavy atom. The summed E-state index contributed by atoms with van der Waals surface area (Å²) in [5.41, 5.74) is 2.48. The van der Waals surface area contributed by atoms with Crippen LogP contribution in [0.3, 0.4) is 0 Å². The number of nitro groups is 1. The summed E-state index contributed by atoms with van der Waals surface area (Å²) in [6.07, 6.45) is 1.55. The summed E-state index contributed by atoms with van der Waals surface area (Å²) in [7, 11) is 0. The highest BCUT2D eigenvalue weighted by atomic mass is 16.6. The minimum atomic E-state index is -1.03. The Morgan fingerprint density at radius 3 is 2.81 bits per heavy atom. The van der Waals surface area contributed by atoms with E-state index in [-0.39, 0.29) is 11.3 Å². The van der Waals surface area contributed by atoms with E-state index in [1.165, 1.54) is 24.3 Å². The van der Waals surface area contributed by atoms with Gasteiger partial charge in [-0.2, -0.15) is 5.10 Å². The third-order valence-corrected chi connectivity index (χ3v) is 3.98. The van der Waals surface area contributed by atoms with E-state index in [1.807, 2.05) is 0 Å². The molecule has 0 saturated heterocycles. The number of carboxylic acids is 1. The Balaban J connectivity index is 1.78. The Kier molecular flexibility index (Phi) is 3.47. The third kappa shape index (κ3) is 2.57. The maximum atomic E-state index is 11.2. The van der Waals surface area contributed by atoms with E-state index in [9.17, 15) is 14.9 Å². The average molecular weight is 349 g/mol. The van der Waals surface area contributed by atoms with Gasteiger partial charge in [0.2, 0.25) is 0 Å². The number of fused-ring (bicyclic) bond motifs is 1. The monoisotopic (exact) mass is 349 g/mol. The number of aromatic amines is 2. The SMILES string of the molecule is O=C(O)c1ccc2[nH]nc(-c3ncc(-c4cccc([N+](=O)[O-])c4)[nH]3)c2c1. The first-order valence-electron chi connectivity index (χ1n) is 7.54. The number of carbonyl (C=O) groups is 1. The molecule has 0 atom stereocenters. The zero-order valence-corrected chi connectivity index (χ0v) is 13.1. The topological polar surface area (TPSA) is 138 Å². The highest BCUT2D eigenvalue weighted by Crippen LogP contribution is 2.28. The van der Waals surface area contributed by atoms with Crippen LogP contribution >= 0.6 is 0 Å². The van der Waals surface area contributed by atoms with Gasteiger partial charge >= 0.3 is 5.97 Å². The molecule has 0 spiro atoms. The molecule has 9 nitrogen and oxygen atoms in total. The molecule has 4 aromatic rings. The van der Waals surface area contributed by atoms with Crippen LogP contribution in [-0.4, -0.2) is 36.2 Å². The van der Waals surface area contributed by atoms with E-state index < -0.39 is 10.9 Å². The first kappa shape index (κ1) is 15.5. The van der Waals surface area contributed by atoms with Crippen molar-refractivity contribution in [1.29, 1.82) is 0 Å². The molecule has 128 valence electrons. The second-order valence-corrected chi connectivity index (χ2v) is 5.59. The predicted molar refractivity (Wildman–Crippen MR) is 92.7 cm³/mol. The minimum Gasteiger partial charge on any atom is -0.478 e. The van der Waals surface area contributed by atoms with Crippen molar-refractivity contribution in [2.75, 3.05) is 0 Å². The molecule has 2 aromatic carbocycles. The predicted octanol–water partition coefficient (Wildman–Crippen LogP) is 3.23. The fourth-order valence-electron chi connectivity index (χ4n) is 2.70. The van der Waals surface area contributed by atoms with Gasteiger partial charge in [-0.05, 0) is 18.2 Å². The van der Waals surface area contributed by atoms with Gasteiger partial charge in [0.1, 0.15) is 5.69 Å². The molecular weight excluding hydrogens is 338 g/mol. The van der Waals surface area contributed by atoms with Crippen LogP contribution < -0.4 is 0 Å². The van der Waals surface area contributed by atoms with Crippen LogP contribution in [0.15, 0.2) is 48.7 Å². The summed E-state index contributed by atoms with van der Waals surface area (Å²) in [5.74, 6) is -0.601. The van der Waals surface area contributed by atoms with E-state index in [0.29, 0.717) is 33.7 Å². The van der Waals surface area contributed by atoms with Gasteiger partial charge in [0.05, 0.1) is 27.9 Å². The fourth-order valence-corrected chi connectivity index (χ4v) is 2.70. The van der Waals surface area contributed by atoms with Crippen molar-refractivity contribution in [2.24, 2.45) is 0 Å². The molecule has 4 rings (SSSR count). The van der Waals surface area contributed by atoms with Crippen molar-refractivity contribution in [3.05, 3.63) is 64.3 Å². The van der Waals surface area contributed by atoms with Crippen molar-refractivity contribution in [1.82, 2.24) is 20.2 Å². The van der Waals surface area contributed by atoms with Crippen LogP contribution in [0.25, 0.3) is 33.7 Å². The lowest BCUT2D eigenvalue weighted by atomic mass is 10.1. The fraction of sp³-hybridized carbons (Fsp3) is 0. The summed E-state index contributed by atoms with van der Waals surface area (Å²) in [5, 5.41) is 27.7. The molecule has 0 amide bonds.